The van der Waals surface area contributed by atoms with Gasteiger partial charge in [-0.3, -0.25) is 0 Å². The van der Waals surface area contributed by atoms with Gasteiger partial charge in [0.05, 0.1) is 5.57 Å². The van der Waals surface area contributed by atoms with Gasteiger partial charge >= 0.3 is 5.97 Å². The molecule has 1 aromatic carbocycles. The molecule has 0 heterocycles. The Morgan fingerprint density at radius 2 is 1.88 bits per heavy atom. The molecule has 0 radical (unpaired) electrons. The van der Waals surface area contributed by atoms with Gasteiger partial charge in [0.1, 0.15) is 6.61 Å². The van der Waals surface area contributed by atoms with Crippen LogP contribution in [0.5, 0.6) is 0 Å². The van der Waals surface area contributed by atoms with E-state index < -0.39 is 0 Å². The molecule has 0 aliphatic rings. The second kappa shape index (κ2) is 10.4. The number of unbranched alkanes of at least 4 members (excludes halogenated alkanes) is 1. The first-order valence-electron chi connectivity index (χ1n) is 8.31. The summed E-state index contributed by atoms with van der Waals surface area (Å²) >= 11 is 0. The molecule has 0 fully saturated rings. The molecular weight excluding hydrogens is 298 g/mol. The van der Waals surface area contributed by atoms with E-state index in [1.165, 1.54) is 0 Å². The molecule has 0 unspecified atom stereocenters. The van der Waals surface area contributed by atoms with Crippen LogP contribution in [0.4, 0.5) is 0 Å². The molecule has 128 valence electrons. The van der Waals surface area contributed by atoms with Crippen molar-refractivity contribution in [3.05, 3.63) is 70.8 Å². The fraction of sp³-hybridized carbons (Fsp3) is 0.333. The van der Waals surface area contributed by atoms with Gasteiger partial charge in [0, 0.05) is 5.71 Å². The van der Waals surface area contributed by atoms with Crippen LogP contribution in [0.15, 0.2) is 65.3 Å². The maximum Gasteiger partial charge on any atom is 0.338 e. The molecule has 1 aromatic rings. The predicted octanol–water partition coefficient (Wildman–Crippen LogP) is 5.39. The van der Waals surface area contributed by atoms with Gasteiger partial charge < -0.3 is 10.1 Å². The van der Waals surface area contributed by atoms with Gasteiger partial charge in [-0.15, -0.1) is 0 Å². The topological polar surface area (TPSA) is 50.2 Å². The summed E-state index contributed by atoms with van der Waals surface area (Å²) in [5.74, 6) is -0.372. The number of rotatable bonds is 8. The Balaban J connectivity index is 2.89. The Kier molecular flexibility index (Phi) is 8.48. The first-order chi connectivity index (χ1) is 11.5. The number of nitrogens with one attached hydrogen (secondary N) is 1. The van der Waals surface area contributed by atoms with Crippen LogP contribution in [0.3, 0.4) is 0 Å². The molecule has 0 aliphatic carbocycles. The van der Waals surface area contributed by atoms with Crippen molar-refractivity contribution < 1.29 is 9.53 Å². The van der Waals surface area contributed by atoms with Crippen molar-refractivity contribution in [2.24, 2.45) is 0 Å². The van der Waals surface area contributed by atoms with Crippen LogP contribution in [0.2, 0.25) is 0 Å². The minimum Gasteiger partial charge on any atom is -0.457 e. The van der Waals surface area contributed by atoms with Gasteiger partial charge in [-0.2, -0.15) is 0 Å². The molecule has 0 bridgehead atoms. The Morgan fingerprint density at radius 1 is 1.21 bits per heavy atom. The van der Waals surface area contributed by atoms with Crippen LogP contribution in [-0.2, 0) is 16.1 Å². The van der Waals surface area contributed by atoms with E-state index >= 15 is 0 Å². The van der Waals surface area contributed by atoms with Crippen LogP contribution < -0.4 is 0 Å². The minimum atomic E-state index is -0.372. The smallest absolute Gasteiger partial charge is 0.338 e. The zero-order valence-corrected chi connectivity index (χ0v) is 15.1. The minimum absolute atomic E-state index is 0.244. The van der Waals surface area contributed by atoms with Gasteiger partial charge in [0.25, 0.3) is 0 Å². The summed E-state index contributed by atoms with van der Waals surface area (Å²) < 4.78 is 5.38. The fourth-order valence-corrected chi connectivity index (χ4v) is 2.21. The molecular formula is C21H27NO2. The molecule has 0 aromatic heterocycles. The normalized spacial score (nSPS) is 12.9. The highest BCUT2D eigenvalue weighted by molar-refractivity contribution is 6.02. The standard InChI is InChI=1S/C21H27NO2/c1-5-7-11-16(3)20(17(4)22)14-19(6-2)21(23)24-15-18-12-9-8-10-13-18/h6,8-14,22H,5,7,15H2,1-4H3/b16-11+,19-6+,20-14+,22-17?. The first-order valence-corrected chi connectivity index (χ1v) is 8.31. The third-order valence-electron chi connectivity index (χ3n) is 3.63. The maximum atomic E-state index is 12.3. The molecule has 3 nitrogen and oxygen atoms in total. The van der Waals surface area contributed by atoms with E-state index in [2.05, 4.69) is 13.0 Å². The van der Waals surface area contributed by atoms with Crippen LogP contribution in [-0.4, -0.2) is 11.7 Å². The van der Waals surface area contributed by atoms with Gasteiger partial charge in [-0.05, 0) is 50.0 Å². The fourth-order valence-electron chi connectivity index (χ4n) is 2.21. The highest BCUT2D eigenvalue weighted by Crippen LogP contribution is 2.16. The van der Waals surface area contributed by atoms with Crippen LogP contribution >= 0.6 is 0 Å². The lowest BCUT2D eigenvalue weighted by molar-refractivity contribution is -0.139. The summed E-state index contributed by atoms with van der Waals surface area (Å²) in [4.78, 5) is 12.3. The Bertz CT molecular complexity index is 652. The second-order valence-corrected chi connectivity index (χ2v) is 5.66. The number of benzene rings is 1. The molecule has 3 heteroatoms. The number of esters is 1. The largest absolute Gasteiger partial charge is 0.457 e. The number of allylic oxidation sites excluding steroid dienone is 4. The summed E-state index contributed by atoms with van der Waals surface area (Å²) in [7, 11) is 0. The summed E-state index contributed by atoms with van der Waals surface area (Å²) in [6.45, 7) is 7.87. The van der Waals surface area contributed by atoms with E-state index in [0.29, 0.717) is 11.3 Å². The molecule has 1 N–H and O–H groups in total. The molecule has 0 atom stereocenters. The van der Waals surface area contributed by atoms with Crippen molar-refractivity contribution in [1.82, 2.24) is 0 Å². The quantitative estimate of drug-likeness (QED) is 0.301. The van der Waals surface area contributed by atoms with Crippen molar-refractivity contribution in [2.75, 3.05) is 0 Å². The Labute approximate surface area is 145 Å². The van der Waals surface area contributed by atoms with E-state index in [0.717, 1.165) is 29.6 Å². The predicted molar refractivity (Wildman–Crippen MR) is 100 cm³/mol. The maximum absolute atomic E-state index is 12.3. The number of hydrogen-bond donors (Lipinski definition) is 1. The molecule has 24 heavy (non-hydrogen) atoms. The number of carbonyl (C=O) groups excluding carboxylic acids is 1. The van der Waals surface area contributed by atoms with E-state index in [-0.39, 0.29) is 12.6 Å². The van der Waals surface area contributed by atoms with Crippen molar-refractivity contribution in [1.29, 1.82) is 5.41 Å². The lowest BCUT2D eigenvalue weighted by Crippen LogP contribution is -2.08. The van der Waals surface area contributed by atoms with Gasteiger partial charge in [0.15, 0.2) is 0 Å². The molecule has 0 aliphatic heterocycles. The first kappa shape index (κ1) is 19.6. The van der Waals surface area contributed by atoms with Gasteiger partial charge in [-0.1, -0.05) is 55.8 Å². The highest BCUT2D eigenvalue weighted by atomic mass is 16.5. The zero-order valence-electron chi connectivity index (χ0n) is 15.1. The summed E-state index contributed by atoms with van der Waals surface area (Å²) in [5, 5.41) is 7.97. The lowest BCUT2D eigenvalue weighted by Gasteiger charge is -2.10. The van der Waals surface area contributed by atoms with Crippen LogP contribution in [0, 0.1) is 5.41 Å². The average Bonchev–Trinajstić information content (AvgIpc) is 2.59. The monoisotopic (exact) mass is 325 g/mol. The zero-order chi connectivity index (χ0) is 17.9. The Hall–Kier alpha value is -2.42. The molecule has 0 amide bonds. The third-order valence-corrected chi connectivity index (χ3v) is 3.63. The van der Waals surface area contributed by atoms with Crippen molar-refractivity contribution >= 4 is 11.7 Å². The lowest BCUT2D eigenvalue weighted by atomic mass is 9.99. The third kappa shape index (κ3) is 6.37. The highest BCUT2D eigenvalue weighted by Gasteiger charge is 2.11. The molecule has 0 saturated carbocycles. The number of ether oxygens (including phenoxy) is 1. The second-order valence-electron chi connectivity index (χ2n) is 5.66. The van der Waals surface area contributed by atoms with E-state index in [1.54, 1.807) is 26.0 Å². The van der Waals surface area contributed by atoms with E-state index in [1.807, 2.05) is 37.3 Å². The Morgan fingerprint density at radius 3 is 2.42 bits per heavy atom. The van der Waals surface area contributed by atoms with Crippen molar-refractivity contribution in [3.63, 3.8) is 0 Å². The van der Waals surface area contributed by atoms with Crippen LogP contribution in [0.25, 0.3) is 0 Å². The SMILES string of the molecule is C\C=C(/C=C(C(C)=N)\C(C)=C\CCC)C(=O)OCc1ccccc1. The molecule has 0 spiro atoms. The van der Waals surface area contributed by atoms with E-state index in [9.17, 15) is 4.79 Å². The number of hydrogen-bond acceptors (Lipinski definition) is 3. The number of carbonyl (C=O) groups is 1. The summed E-state index contributed by atoms with van der Waals surface area (Å²) in [5.41, 5.74) is 3.65. The average molecular weight is 325 g/mol. The van der Waals surface area contributed by atoms with Gasteiger partial charge in [0.2, 0.25) is 0 Å². The van der Waals surface area contributed by atoms with Gasteiger partial charge in [-0.25, -0.2) is 4.79 Å². The molecule has 0 saturated heterocycles. The summed E-state index contributed by atoms with van der Waals surface area (Å²) in [6.07, 6.45) is 7.59. The summed E-state index contributed by atoms with van der Waals surface area (Å²) in [6, 6.07) is 9.60. The van der Waals surface area contributed by atoms with Crippen molar-refractivity contribution in [3.8, 4) is 0 Å². The van der Waals surface area contributed by atoms with E-state index in [4.69, 9.17) is 10.1 Å². The molecule has 1 rings (SSSR count). The van der Waals surface area contributed by atoms with Crippen LogP contribution in [0.1, 0.15) is 46.1 Å². The van der Waals surface area contributed by atoms with Crippen molar-refractivity contribution in [2.45, 2.75) is 47.1 Å².